The van der Waals surface area contributed by atoms with Crippen molar-refractivity contribution in [3.63, 3.8) is 0 Å². The van der Waals surface area contributed by atoms with Crippen molar-refractivity contribution < 1.29 is 9.53 Å². The van der Waals surface area contributed by atoms with Gasteiger partial charge in [0, 0.05) is 6.54 Å². The molecule has 21 heavy (non-hydrogen) atoms. The Morgan fingerprint density at radius 1 is 1.38 bits per heavy atom. The van der Waals surface area contributed by atoms with Crippen LogP contribution in [0.2, 0.25) is 5.28 Å². The van der Waals surface area contributed by atoms with Gasteiger partial charge in [0.1, 0.15) is 18.7 Å². The number of ether oxygens (including phenoxy) is 1. The Bertz CT molecular complexity index is 649. The van der Waals surface area contributed by atoms with Crippen LogP contribution in [-0.2, 0) is 9.53 Å². The third-order valence-corrected chi connectivity index (χ3v) is 3.09. The molecule has 0 aromatic carbocycles. The van der Waals surface area contributed by atoms with Crippen molar-refractivity contribution in [2.45, 2.75) is 6.04 Å². The van der Waals surface area contributed by atoms with Crippen molar-refractivity contribution in [3.05, 3.63) is 17.9 Å². The van der Waals surface area contributed by atoms with Crippen LogP contribution >= 0.6 is 11.6 Å². The molecule has 1 fully saturated rings. The first-order valence-corrected chi connectivity index (χ1v) is 6.43. The lowest BCUT2D eigenvalue weighted by molar-refractivity contribution is -0.121. The van der Waals surface area contributed by atoms with E-state index in [0.29, 0.717) is 13.2 Å². The first kappa shape index (κ1) is 13.6. The quantitative estimate of drug-likeness (QED) is 0.749. The summed E-state index contributed by atoms with van der Waals surface area (Å²) in [7, 11) is 0. The molecular formula is C10H11ClN8O2. The first-order chi connectivity index (χ1) is 10.1. The maximum absolute atomic E-state index is 11.5. The summed E-state index contributed by atoms with van der Waals surface area (Å²) >= 11 is 5.92. The van der Waals surface area contributed by atoms with Crippen LogP contribution in [0, 0.1) is 0 Å². The second-order valence-corrected chi connectivity index (χ2v) is 4.57. The van der Waals surface area contributed by atoms with Crippen LogP contribution in [-0.4, -0.2) is 61.4 Å². The van der Waals surface area contributed by atoms with E-state index in [1.165, 1.54) is 17.3 Å². The monoisotopic (exact) mass is 310 g/mol. The van der Waals surface area contributed by atoms with E-state index in [4.69, 9.17) is 22.1 Å². The number of anilines is 1. The highest BCUT2D eigenvalue weighted by atomic mass is 35.5. The Morgan fingerprint density at radius 3 is 2.90 bits per heavy atom. The molecule has 1 saturated heterocycles. The van der Waals surface area contributed by atoms with Crippen molar-refractivity contribution in [1.29, 1.82) is 0 Å². The van der Waals surface area contributed by atoms with E-state index in [-0.39, 0.29) is 23.8 Å². The normalized spacial score (nSPS) is 18.7. The van der Waals surface area contributed by atoms with Gasteiger partial charge in [-0.3, -0.25) is 4.79 Å². The highest BCUT2D eigenvalue weighted by Crippen LogP contribution is 2.18. The number of nitrogens with two attached hydrogens (primary N) is 1. The van der Waals surface area contributed by atoms with E-state index in [9.17, 15) is 4.79 Å². The minimum Gasteiger partial charge on any atom is -0.377 e. The molecule has 2 aromatic rings. The number of carbonyl (C=O) groups is 1. The second kappa shape index (κ2) is 5.58. The second-order valence-electron chi connectivity index (χ2n) is 4.23. The van der Waals surface area contributed by atoms with Crippen molar-refractivity contribution in [2.75, 3.05) is 24.7 Å². The molecule has 0 bridgehead atoms. The number of hydrogen-bond acceptors (Lipinski definition) is 8. The van der Waals surface area contributed by atoms with Crippen LogP contribution in [0.15, 0.2) is 12.7 Å². The third kappa shape index (κ3) is 2.76. The largest absolute Gasteiger partial charge is 0.377 e. The van der Waals surface area contributed by atoms with Gasteiger partial charge >= 0.3 is 0 Å². The zero-order valence-corrected chi connectivity index (χ0v) is 11.5. The van der Waals surface area contributed by atoms with E-state index >= 15 is 0 Å². The van der Waals surface area contributed by atoms with Crippen LogP contribution in [0.5, 0.6) is 0 Å². The molecule has 10 nitrogen and oxygen atoms in total. The molecule has 0 saturated carbocycles. The molecule has 1 amide bonds. The fourth-order valence-corrected chi connectivity index (χ4v) is 2.10. The molecule has 1 aliphatic rings. The number of nitrogens with zero attached hydrogens (tertiary/aromatic N) is 7. The average Bonchev–Trinajstić information content (AvgIpc) is 3.01. The number of morpholine rings is 1. The highest BCUT2D eigenvalue weighted by molar-refractivity contribution is 6.28. The number of primary amides is 1. The number of rotatable bonds is 3. The van der Waals surface area contributed by atoms with Gasteiger partial charge in [-0.05, 0) is 11.6 Å². The fourth-order valence-electron chi connectivity index (χ4n) is 1.95. The molecule has 0 radical (unpaired) electrons. The zero-order chi connectivity index (χ0) is 14.8. The molecule has 2 aromatic heterocycles. The van der Waals surface area contributed by atoms with Crippen LogP contribution in [0.25, 0.3) is 5.95 Å². The van der Waals surface area contributed by atoms with Gasteiger partial charge in [-0.2, -0.15) is 24.7 Å². The van der Waals surface area contributed by atoms with Crippen molar-refractivity contribution in [2.24, 2.45) is 5.73 Å². The summed E-state index contributed by atoms with van der Waals surface area (Å²) in [5, 5.41) is 3.91. The number of amides is 1. The maximum atomic E-state index is 11.5. The van der Waals surface area contributed by atoms with Gasteiger partial charge in [-0.1, -0.05) is 0 Å². The van der Waals surface area contributed by atoms with Gasteiger partial charge in [-0.15, -0.1) is 0 Å². The van der Waals surface area contributed by atoms with Gasteiger partial charge in [0.25, 0.3) is 5.95 Å². The minimum absolute atomic E-state index is 0.0137. The molecule has 3 heterocycles. The molecule has 1 aliphatic heterocycles. The molecule has 11 heteroatoms. The molecule has 3 rings (SSSR count). The Morgan fingerprint density at radius 2 is 2.19 bits per heavy atom. The molecule has 1 unspecified atom stereocenters. The predicted molar refractivity (Wildman–Crippen MR) is 70.9 cm³/mol. The molecule has 2 N–H and O–H groups in total. The molecule has 0 aliphatic carbocycles. The molecule has 1 atom stereocenters. The number of aromatic nitrogens is 6. The summed E-state index contributed by atoms with van der Waals surface area (Å²) < 4.78 is 6.60. The van der Waals surface area contributed by atoms with E-state index in [1.54, 1.807) is 4.90 Å². The fraction of sp³-hybridized carbons (Fsp3) is 0.400. The van der Waals surface area contributed by atoms with Gasteiger partial charge < -0.3 is 15.4 Å². The standard InChI is InChI=1S/C10H11ClN8O2/c11-8-15-9(17-10(16-8)19-5-13-4-14-19)18-1-2-21-3-6(18)7(12)20/h4-6H,1-3H2,(H2,12,20). The number of carbonyl (C=O) groups excluding carboxylic acids is 1. The summed E-state index contributed by atoms with van der Waals surface area (Å²) in [5.74, 6) is -0.0710. The lowest BCUT2D eigenvalue weighted by Crippen LogP contribution is -2.53. The zero-order valence-electron chi connectivity index (χ0n) is 10.8. The predicted octanol–water partition coefficient (Wildman–Crippen LogP) is -1.20. The smallest absolute Gasteiger partial charge is 0.258 e. The van der Waals surface area contributed by atoms with Gasteiger partial charge in [0.15, 0.2) is 0 Å². The van der Waals surface area contributed by atoms with E-state index in [2.05, 4.69) is 25.0 Å². The lowest BCUT2D eigenvalue weighted by Gasteiger charge is -2.33. The first-order valence-electron chi connectivity index (χ1n) is 6.05. The number of hydrogen-bond donors (Lipinski definition) is 1. The SMILES string of the molecule is NC(=O)C1COCCN1c1nc(Cl)nc(-n2cncn2)n1. The van der Waals surface area contributed by atoms with E-state index < -0.39 is 11.9 Å². The van der Waals surface area contributed by atoms with Gasteiger partial charge in [-0.25, -0.2) is 4.98 Å². The summed E-state index contributed by atoms with van der Waals surface area (Å²) in [6, 6.07) is -0.652. The Labute approximate surface area is 123 Å². The van der Waals surface area contributed by atoms with Gasteiger partial charge in [0.05, 0.1) is 13.2 Å². The van der Waals surface area contributed by atoms with Crippen LogP contribution < -0.4 is 10.6 Å². The third-order valence-electron chi connectivity index (χ3n) is 2.92. The molecular weight excluding hydrogens is 300 g/mol. The minimum atomic E-state index is -0.652. The highest BCUT2D eigenvalue weighted by Gasteiger charge is 2.30. The van der Waals surface area contributed by atoms with Crippen LogP contribution in [0.1, 0.15) is 0 Å². The van der Waals surface area contributed by atoms with Gasteiger partial charge in [0.2, 0.25) is 17.1 Å². The number of halogens is 1. The molecule has 0 spiro atoms. The van der Waals surface area contributed by atoms with Crippen LogP contribution in [0.4, 0.5) is 5.95 Å². The lowest BCUT2D eigenvalue weighted by atomic mass is 10.2. The molecule has 110 valence electrons. The van der Waals surface area contributed by atoms with E-state index in [1.807, 2.05) is 0 Å². The van der Waals surface area contributed by atoms with Crippen molar-refractivity contribution >= 4 is 23.5 Å². The van der Waals surface area contributed by atoms with Crippen LogP contribution in [0.3, 0.4) is 0 Å². The van der Waals surface area contributed by atoms with Crippen molar-refractivity contribution in [1.82, 2.24) is 29.7 Å². The topological polar surface area (TPSA) is 125 Å². The Kier molecular flexibility index (Phi) is 3.62. The average molecular weight is 311 g/mol. The maximum Gasteiger partial charge on any atom is 0.258 e. The Balaban J connectivity index is 1.99. The summed E-state index contributed by atoms with van der Waals surface area (Å²) in [5.41, 5.74) is 5.37. The summed E-state index contributed by atoms with van der Waals surface area (Å²) in [4.78, 5) is 29.2. The van der Waals surface area contributed by atoms with Crippen molar-refractivity contribution in [3.8, 4) is 5.95 Å². The van der Waals surface area contributed by atoms with E-state index in [0.717, 1.165) is 0 Å². The summed E-state index contributed by atoms with van der Waals surface area (Å²) in [6.45, 7) is 1.04. The summed E-state index contributed by atoms with van der Waals surface area (Å²) in [6.07, 6.45) is 2.78. The Hall–Kier alpha value is -2.33.